The second-order valence-corrected chi connectivity index (χ2v) is 1.46. The highest BCUT2D eigenvalue weighted by Gasteiger charge is 2.05. The Morgan fingerprint density at radius 1 is 1.75 bits per heavy atom. The Morgan fingerprint density at radius 2 is 2.50 bits per heavy atom. The number of nitrogens with zero attached hydrogens (tertiary/aromatic N) is 1. The van der Waals surface area contributed by atoms with Gasteiger partial charge in [0.05, 0.1) is 6.42 Å². The van der Waals surface area contributed by atoms with Crippen LogP contribution in [0.1, 0.15) is 6.42 Å². The Bertz CT molecular complexity index is 171. The third kappa shape index (κ3) is 0.992. The second-order valence-electron chi connectivity index (χ2n) is 1.46. The van der Waals surface area contributed by atoms with Crippen molar-refractivity contribution >= 4 is 11.7 Å². The summed E-state index contributed by atoms with van der Waals surface area (Å²) >= 11 is 0. The molecule has 2 nitrogen and oxygen atoms in total. The summed E-state index contributed by atoms with van der Waals surface area (Å²) in [5.41, 5.74) is 0. The van der Waals surface area contributed by atoms with Gasteiger partial charge in [-0.3, -0.25) is 4.79 Å². The third-order valence-electron chi connectivity index (χ3n) is 0.795. The molecular weight excluding hydrogens is 109 g/mol. The van der Waals surface area contributed by atoms with E-state index in [9.17, 15) is 9.18 Å². The molecule has 0 atom stereocenters. The first-order chi connectivity index (χ1) is 3.79. The highest BCUT2D eigenvalue weighted by atomic mass is 19.1. The number of carbonyl (C=O) groups is 1. The molecule has 0 bridgehead atoms. The quantitative estimate of drug-likeness (QED) is 0.457. The van der Waals surface area contributed by atoms with E-state index >= 15 is 0 Å². The van der Waals surface area contributed by atoms with Crippen LogP contribution in [-0.4, -0.2) is 11.7 Å². The normalized spacial score (nSPS) is 18.6. The Kier molecular flexibility index (Phi) is 1.20. The largest absolute Gasteiger partial charge is 0.294 e. The van der Waals surface area contributed by atoms with Crippen molar-refractivity contribution in [2.24, 2.45) is 4.99 Å². The average molecular weight is 113 g/mol. The number of carbonyl (C=O) groups excluding carboxylic acids is 1. The Morgan fingerprint density at radius 3 is 2.88 bits per heavy atom. The lowest BCUT2D eigenvalue weighted by molar-refractivity contribution is -0.113. The molecule has 0 amide bonds. The average Bonchev–Trinajstić information content (AvgIpc) is 1.64. The maximum atomic E-state index is 11.9. The lowest BCUT2D eigenvalue weighted by Gasteiger charge is -1.93. The Hall–Kier alpha value is -0.990. The van der Waals surface area contributed by atoms with Gasteiger partial charge >= 0.3 is 0 Å². The van der Waals surface area contributed by atoms with Crippen LogP contribution in [0.2, 0.25) is 0 Å². The summed E-state index contributed by atoms with van der Waals surface area (Å²) in [6.07, 6.45) is 2.25. The van der Waals surface area contributed by atoms with Gasteiger partial charge in [0, 0.05) is 6.20 Å². The van der Waals surface area contributed by atoms with E-state index in [1.807, 2.05) is 0 Å². The Balaban J connectivity index is 2.73. The molecule has 3 heteroatoms. The van der Waals surface area contributed by atoms with Crippen molar-refractivity contribution in [1.29, 1.82) is 0 Å². The van der Waals surface area contributed by atoms with Crippen molar-refractivity contribution in [3.05, 3.63) is 12.3 Å². The summed E-state index contributed by atoms with van der Waals surface area (Å²) in [4.78, 5) is 13.5. The zero-order chi connectivity index (χ0) is 5.98. The number of hydrogen-bond acceptors (Lipinski definition) is 2. The molecule has 0 N–H and O–H groups in total. The summed E-state index contributed by atoms with van der Waals surface area (Å²) in [7, 11) is 0. The van der Waals surface area contributed by atoms with E-state index in [0.29, 0.717) is 0 Å². The van der Waals surface area contributed by atoms with Gasteiger partial charge in [-0.1, -0.05) is 0 Å². The standard InChI is InChI=1S/C5H4FNO/c6-5-3-4(8)1-2-7-5/h1-2H,3H2. The molecule has 8 heavy (non-hydrogen) atoms. The minimum Gasteiger partial charge on any atom is -0.294 e. The zero-order valence-electron chi connectivity index (χ0n) is 4.10. The lowest BCUT2D eigenvalue weighted by Crippen LogP contribution is -2.02. The van der Waals surface area contributed by atoms with Crippen molar-refractivity contribution in [3.63, 3.8) is 0 Å². The predicted octanol–water partition coefficient (Wildman–Crippen LogP) is 0.841. The smallest absolute Gasteiger partial charge is 0.196 e. The van der Waals surface area contributed by atoms with Crippen LogP contribution in [0, 0.1) is 0 Å². The lowest BCUT2D eigenvalue weighted by atomic mass is 10.2. The summed E-state index contributed by atoms with van der Waals surface area (Å²) in [6, 6.07) is 0. The second kappa shape index (κ2) is 1.86. The van der Waals surface area contributed by atoms with E-state index in [-0.39, 0.29) is 12.2 Å². The molecule has 1 aliphatic heterocycles. The van der Waals surface area contributed by atoms with Gasteiger partial charge in [-0.05, 0) is 6.08 Å². The first-order valence-corrected chi connectivity index (χ1v) is 2.20. The molecule has 1 aliphatic rings. The van der Waals surface area contributed by atoms with Crippen LogP contribution in [-0.2, 0) is 4.79 Å². The molecular formula is C5H4FNO. The maximum absolute atomic E-state index is 11.9. The van der Waals surface area contributed by atoms with Crippen LogP contribution in [0.4, 0.5) is 4.39 Å². The van der Waals surface area contributed by atoms with E-state index in [1.165, 1.54) is 12.3 Å². The van der Waals surface area contributed by atoms with Crippen LogP contribution in [0.25, 0.3) is 0 Å². The molecule has 0 aliphatic carbocycles. The van der Waals surface area contributed by atoms with Crippen LogP contribution in [0.3, 0.4) is 0 Å². The maximum Gasteiger partial charge on any atom is 0.196 e. The van der Waals surface area contributed by atoms with Gasteiger partial charge in [-0.25, -0.2) is 4.99 Å². The molecule has 0 aromatic rings. The van der Waals surface area contributed by atoms with Gasteiger partial charge in [-0.15, -0.1) is 0 Å². The number of halogens is 1. The van der Waals surface area contributed by atoms with Gasteiger partial charge < -0.3 is 0 Å². The summed E-state index contributed by atoms with van der Waals surface area (Å²) in [5.74, 6) is -0.824. The van der Waals surface area contributed by atoms with E-state index in [4.69, 9.17) is 0 Å². The fourth-order valence-corrected chi connectivity index (χ4v) is 0.450. The highest BCUT2D eigenvalue weighted by molar-refractivity contribution is 6.05. The molecule has 0 aromatic carbocycles. The van der Waals surface area contributed by atoms with Crippen LogP contribution in [0.15, 0.2) is 17.3 Å². The number of rotatable bonds is 0. The molecule has 0 spiro atoms. The minimum atomic E-state index is -0.600. The van der Waals surface area contributed by atoms with Crippen molar-refractivity contribution in [1.82, 2.24) is 0 Å². The van der Waals surface area contributed by atoms with Crippen LogP contribution < -0.4 is 0 Å². The van der Waals surface area contributed by atoms with E-state index in [1.54, 1.807) is 0 Å². The zero-order valence-corrected chi connectivity index (χ0v) is 4.10. The van der Waals surface area contributed by atoms with Gasteiger partial charge in [0.1, 0.15) is 0 Å². The van der Waals surface area contributed by atoms with Crippen molar-refractivity contribution in [3.8, 4) is 0 Å². The van der Waals surface area contributed by atoms with E-state index in [2.05, 4.69) is 4.99 Å². The van der Waals surface area contributed by atoms with E-state index in [0.717, 1.165) is 0 Å². The molecule has 42 valence electrons. The molecule has 0 aromatic heterocycles. The monoisotopic (exact) mass is 113 g/mol. The molecule has 0 saturated heterocycles. The fourth-order valence-electron chi connectivity index (χ4n) is 0.450. The summed E-state index contributed by atoms with van der Waals surface area (Å²) in [5, 5.41) is 0. The van der Waals surface area contributed by atoms with Gasteiger partial charge in [0.25, 0.3) is 0 Å². The first kappa shape index (κ1) is 5.15. The van der Waals surface area contributed by atoms with Gasteiger partial charge in [0.2, 0.25) is 0 Å². The van der Waals surface area contributed by atoms with Crippen LogP contribution in [0.5, 0.6) is 0 Å². The van der Waals surface area contributed by atoms with Crippen molar-refractivity contribution in [2.45, 2.75) is 6.42 Å². The predicted molar refractivity (Wildman–Crippen MR) is 27.3 cm³/mol. The van der Waals surface area contributed by atoms with Gasteiger partial charge in [0.15, 0.2) is 11.7 Å². The van der Waals surface area contributed by atoms with Crippen molar-refractivity contribution < 1.29 is 9.18 Å². The SMILES string of the molecule is O=C1C=CN=C(F)C1. The highest BCUT2D eigenvalue weighted by Crippen LogP contribution is 1.98. The third-order valence-corrected chi connectivity index (χ3v) is 0.795. The minimum absolute atomic E-state index is 0.170. The molecule has 0 unspecified atom stereocenters. The van der Waals surface area contributed by atoms with Crippen molar-refractivity contribution in [2.75, 3.05) is 0 Å². The topological polar surface area (TPSA) is 29.4 Å². The van der Waals surface area contributed by atoms with Crippen LogP contribution >= 0.6 is 0 Å². The molecule has 0 saturated carbocycles. The number of aliphatic imine (C=N–C) groups is 1. The Labute approximate surface area is 45.7 Å². The van der Waals surface area contributed by atoms with Gasteiger partial charge in [-0.2, -0.15) is 4.39 Å². The van der Waals surface area contributed by atoms with E-state index < -0.39 is 5.97 Å². The molecule has 0 fully saturated rings. The summed E-state index contributed by atoms with van der Waals surface area (Å²) < 4.78 is 11.9. The number of hydrogen-bond donors (Lipinski definition) is 0. The fraction of sp³-hybridized carbons (Fsp3) is 0.200. The molecule has 0 radical (unpaired) electrons. The first-order valence-electron chi connectivity index (χ1n) is 2.20. The summed E-state index contributed by atoms with van der Waals surface area (Å²) in [6.45, 7) is 0. The molecule has 1 heterocycles. The number of ketones is 1. The number of allylic oxidation sites excluding steroid dienone is 1. The molecule has 1 rings (SSSR count).